The van der Waals surface area contributed by atoms with Crippen LogP contribution in [0.1, 0.15) is 11.1 Å². The number of rotatable bonds is 3. The first-order valence-electron chi connectivity index (χ1n) is 5.14. The Morgan fingerprint density at radius 3 is 2.94 bits per heavy atom. The summed E-state index contributed by atoms with van der Waals surface area (Å²) in [4.78, 5) is 4.03. The van der Waals surface area contributed by atoms with Gasteiger partial charge in [-0.1, -0.05) is 41.4 Å². The lowest BCUT2D eigenvalue weighted by Gasteiger charge is -2.08. The molecule has 2 nitrogen and oxygen atoms in total. The summed E-state index contributed by atoms with van der Waals surface area (Å²) in [6, 6.07) is 10.2. The van der Waals surface area contributed by atoms with E-state index in [9.17, 15) is 0 Å². The normalized spacial score (nSPS) is 10.1. The molecule has 3 heteroatoms. The molecule has 0 saturated heterocycles. The second-order valence-electron chi connectivity index (χ2n) is 3.70. The fourth-order valence-electron chi connectivity index (χ4n) is 1.53. The highest BCUT2D eigenvalue weighted by Gasteiger charge is 1.99. The third-order valence-corrected chi connectivity index (χ3v) is 2.66. The molecule has 0 bridgehead atoms. The van der Waals surface area contributed by atoms with Crippen LogP contribution in [-0.2, 0) is 6.54 Å². The maximum atomic E-state index is 6.02. The van der Waals surface area contributed by atoms with Crippen molar-refractivity contribution in [2.45, 2.75) is 13.5 Å². The number of pyridine rings is 1. The lowest BCUT2D eigenvalue weighted by molar-refractivity contribution is 1.13. The largest absolute Gasteiger partial charge is 0.379 e. The molecular formula is C13H13ClN2. The highest BCUT2D eigenvalue weighted by Crippen LogP contribution is 2.19. The topological polar surface area (TPSA) is 24.9 Å². The van der Waals surface area contributed by atoms with Crippen molar-refractivity contribution in [3.63, 3.8) is 0 Å². The summed E-state index contributed by atoms with van der Waals surface area (Å²) in [5, 5.41) is 3.96. The van der Waals surface area contributed by atoms with E-state index in [1.54, 1.807) is 18.5 Å². The zero-order valence-corrected chi connectivity index (χ0v) is 9.83. The molecule has 0 aliphatic carbocycles. The van der Waals surface area contributed by atoms with Crippen LogP contribution in [0.5, 0.6) is 0 Å². The summed E-state index contributed by atoms with van der Waals surface area (Å²) in [5.74, 6) is 0. The van der Waals surface area contributed by atoms with Crippen molar-refractivity contribution in [2.75, 3.05) is 5.32 Å². The zero-order chi connectivity index (χ0) is 11.4. The molecule has 0 unspecified atom stereocenters. The van der Waals surface area contributed by atoms with Crippen molar-refractivity contribution in [3.8, 4) is 0 Å². The van der Waals surface area contributed by atoms with Gasteiger partial charge in [-0.05, 0) is 18.6 Å². The zero-order valence-electron chi connectivity index (χ0n) is 9.07. The Kier molecular flexibility index (Phi) is 3.42. The van der Waals surface area contributed by atoms with E-state index in [4.69, 9.17) is 11.6 Å². The maximum Gasteiger partial charge on any atom is 0.0718 e. The Labute approximate surface area is 100 Å². The van der Waals surface area contributed by atoms with E-state index in [1.807, 2.05) is 0 Å². The molecule has 0 amide bonds. The van der Waals surface area contributed by atoms with Crippen molar-refractivity contribution >= 4 is 17.3 Å². The average molecular weight is 233 g/mol. The standard InChI is InChI=1S/C13H13ClN2/c1-10-3-2-4-11(7-10)8-16-13-9-15-6-5-12(13)14/h2-7,9,16H,8H2,1H3. The Morgan fingerprint density at radius 1 is 1.31 bits per heavy atom. The van der Waals surface area contributed by atoms with Gasteiger partial charge in [-0.2, -0.15) is 0 Å². The van der Waals surface area contributed by atoms with Crippen LogP contribution in [0, 0.1) is 6.92 Å². The lowest BCUT2D eigenvalue weighted by Crippen LogP contribution is -2.00. The van der Waals surface area contributed by atoms with Crippen LogP contribution in [-0.4, -0.2) is 4.98 Å². The smallest absolute Gasteiger partial charge is 0.0718 e. The molecule has 0 atom stereocenters. The fourth-order valence-corrected chi connectivity index (χ4v) is 1.70. The number of hydrogen-bond acceptors (Lipinski definition) is 2. The van der Waals surface area contributed by atoms with E-state index in [0.29, 0.717) is 5.02 Å². The number of hydrogen-bond donors (Lipinski definition) is 1. The maximum absolute atomic E-state index is 6.02. The Morgan fingerprint density at radius 2 is 2.19 bits per heavy atom. The molecule has 16 heavy (non-hydrogen) atoms. The molecule has 0 fully saturated rings. The van der Waals surface area contributed by atoms with Crippen LogP contribution in [0.4, 0.5) is 5.69 Å². The van der Waals surface area contributed by atoms with E-state index in [-0.39, 0.29) is 0 Å². The third kappa shape index (κ3) is 2.74. The minimum Gasteiger partial charge on any atom is -0.379 e. The van der Waals surface area contributed by atoms with E-state index in [0.717, 1.165) is 12.2 Å². The molecule has 0 aliphatic heterocycles. The van der Waals surface area contributed by atoms with Crippen molar-refractivity contribution in [3.05, 3.63) is 58.9 Å². The average Bonchev–Trinajstić information content (AvgIpc) is 2.28. The second kappa shape index (κ2) is 4.99. The van der Waals surface area contributed by atoms with Crippen LogP contribution in [0.25, 0.3) is 0 Å². The Hall–Kier alpha value is -1.54. The molecular weight excluding hydrogens is 220 g/mol. The minimum atomic E-state index is 0.697. The summed E-state index contributed by atoms with van der Waals surface area (Å²) in [7, 11) is 0. The van der Waals surface area contributed by atoms with Gasteiger partial charge < -0.3 is 5.32 Å². The molecule has 82 valence electrons. The SMILES string of the molecule is Cc1cccc(CNc2cnccc2Cl)c1. The third-order valence-electron chi connectivity index (χ3n) is 2.33. The molecule has 0 radical (unpaired) electrons. The Bertz CT molecular complexity index is 483. The first kappa shape index (κ1) is 11.0. The quantitative estimate of drug-likeness (QED) is 0.874. The summed E-state index contributed by atoms with van der Waals surface area (Å²) < 4.78 is 0. The van der Waals surface area contributed by atoms with Crippen LogP contribution in [0.15, 0.2) is 42.7 Å². The number of aryl methyl sites for hydroxylation is 1. The number of benzene rings is 1. The lowest BCUT2D eigenvalue weighted by atomic mass is 10.1. The van der Waals surface area contributed by atoms with E-state index >= 15 is 0 Å². The van der Waals surface area contributed by atoms with Crippen LogP contribution >= 0.6 is 11.6 Å². The summed E-state index contributed by atoms with van der Waals surface area (Å²) in [6.07, 6.45) is 3.41. The molecule has 1 aromatic heterocycles. The van der Waals surface area contributed by atoms with Crippen LogP contribution in [0.3, 0.4) is 0 Å². The van der Waals surface area contributed by atoms with Gasteiger partial charge in [0, 0.05) is 12.7 Å². The number of halogens is 1. The van der Waals surface area contributed by atoms with Crippen molar-refractivity contribution in [2.24, 2.45) is 0 Å². The monoisotopic (exact) mass is 232 g/mol. The van der Waals surface area contributed by atoms with Crippen molar-refractivity contribution in [1.29, 1.82) is 0 Å². The summed E-state index contributed by atoms with van der Waals surface area (Å²) in [5.41, 5.74) is 3.36. The molecule has 1 N–H and O–H groups in total. The van der Waals surface area contributed by atoms with Gasteiger partial charge in [-0.15, -0.1) is 0 Å². The van der Waals surface area contributed by atoms with Crippen LogP contribution < -0.4 is 5.32 Å². The van der Waals surface area contributed by atoms with E-state index in [1.165, 1.54) is 11.1 Å². The number of nitrogens with one attached hydrogen (secondary N) is 1. The van der Waals surface area contributed by atoms with E-state index in [2.05, 4.69) is 41.5 Å². The van der Waals surface area contributed by atoms with E-state index < -0.39 is 0 Å². The number of nitrogens with zero attached hydrogens (tertiary/aromatic N) is 1. The number of anilines is 1. The minimum absolute atomic E-state index is 0.697. The first-order valence-corrected chi connectivity index (χ1v) is 5.52. The number of aromatic nitrogens is 1. The van der Waals surface area contributed by atoms with Gasteiger partial charge in [0.15, 0.2) is 0 Å². The van der Waals surface area contributed by atoms with Gasteiger partial charge in [-0.3, -0.25) is 4.98 Å². The molecule has 1 aromatic carbocycles. The molecule has 0 spiro atoms. The molecule has 2 rings (SSSR count). The van der Waals surface area contributed by atoms with Crippen molar-refractivity contribution in [1.82, 2.24) is 4.98 Å². The highest BCUT2D eigenvalue weighted by molar-refractivity contribution is 6.33. The predicted molar refractivity (Wildman–Crippen MR) is 67.8 cm³/mol. The van der Waals surface area contributed by atoms with Gasteiger partial charge in [0.1, 0.15) is 0 Å². The van der Waals surface area contributed by atoms with Crippen LogP contribution in [0.2, 0.25) is 5.02 Å². The highest BCUT2D eigenvalue weighted by atomic mass is 35.5. The molecule has 1 heterocycles. The van der Waals surface area contributed by atoms with Crippen molar-refractivity contribution < 1.29 is 0 Å². The van der Waals surface area contributed by atoms with Gasteiger partial charge >= 0.3 is 0 Å². The first-order chi connectivity index (χ1) is 7.75. The second-order valence-corrected chi connectivity index (χ2v) is 4.11. The molecule has 0 aliphatic rings. The predicted octanol–water partition coefficient (Wildman–Crippen LogP) is 3.66. The summed E-state index contributed by atoms with van der Waals surface area (Å²) in [6.45, 7) is 2.84. The fraction of sp³-hybridized carbons (Fsp3) is 0.154. The molecule has 0 saturated carbocycles. The van der Waals surface area contributed by atoms with Gasteiger partial charge in [0.2, 0.25) is 0 Å². The molecule has 2 aromatic rings. The van der Waals surface area contributed by atoms with Gasteiger partial charge in [0.25, 0.3) is 0 Å². The summed E-state index contributed by atoms with van der Waals surface area (Å²) >= 11 is 6.02. The Balaban J connectivity index is 2.05. The van der Waals surface area contributed by atoms with Gasteiger partial charge in [-0.25, -0.2) is 0 Å². The van der Waals surface area contributed by atoms with Gasteiger partial charge in [0.05, 0.1) is 16.9 Å².